The van der Waals surface area contributed by atoms with Gasteiger partial charge in [-0.25, -0.2) is 8.42 Å². The number of hydrogen-bond donors (Lipinski definition) is 1. The lowest BCUT2D eigenvalue weighted by Crippen LogP contribution is -2.30. The molecule has 0 aliphatic rings. The number of thiophene rings is 1. The summed E-state index contributed by atoms with van der Waals surface area (Å²) < 4.78 is 34.9. The summed E-state index contributed by atoms with van der Waals surface area (Å²) in [6.45, 7) is 0. The zero-order valence-electron chi connectivity index (χ0n) is 15.4. The van der Waals surface area contributed by atoms with Crippen molar-refractivity contribution in [3.05, 3.63) is 69.8 Å². The van der Waals surface area contributed by atoms with Gasteiger partial charge in [0.15, 0.2) is 12.4 Å². The number of ketones is 1. The predicted molar refractivity (Wildman–Crippen MR) is 116 cm³/mol. The summed E-state index contributed by atoms with van der Waals surface area (Å²) >= 11 is 6.42. The van der Waals surface area contributed by atoms with Gasteiger partial charge in [-0.2, -0.15) is 4.57 Å². The molecule has 0 aliphatic carbocycles. The standard InChI is InChI=1S/C17H13BrN2OS2.CH4O4S/c1-22-17-14(20-9-3-2-4-10-20)13(19)16(23-17)15(21)11-5-7-12(18)8-6-11;1-5-6(2,3)4/h2-10H,1H3,(H-,19,21);1H3,(H,2,3,4). The molecule has 2 N–H and O–H groups in total. The highest BCUT2D eigenvalue weighted by atomic mass is 79.9. The Bertz CT molecular complexity index is 1080. The van der Waals surface area contributed by atoms with Crippen molar-refractivity contribution in [3.8, 4) is 5.69 Å². The number of nitrogen functional groups attached to an aromatic ring is 1. The van der Waals surface area contributed by atoms with Crippen LogP contribution in [0, 0.1) is 0 Å². The van der Waals surface area contributed by atoms with Gasteiger partial charge in [0.25, 0.3) is 5.69 Å². The van der Waals surface area contributed by atoms with Crippen LogP contribution in [0.5, 0.6) is 0 Å². The van der Waals surface area contributed by atoms with E-state index >= 15 is 0 Å². The molecule has 0 atom stereocenters. The first-order valence-electron chi connectivity index (χ1n) is 7.92. The van der Waals surface area contributed by atoms with E-state index in [1.54, 1.807) is 23.9 Å². The fraction of sp³-hybridized carbons (Fsp3) is 0.111. The summed E-state index contributed by atoms with van der Waals surface area (Å²) in [6, 6.07) is 13.2. The van der Waals surface area contributed by atoms with E-state index in [1.165, 1.54) is 11.3 Å². The van der Waals surface area contributed by atoms with E-state index in [4.69, 9.17) is 5.73 Å². The van der Waals surface area contributed by atoms with Crippen LogP contribution >= 0.6 is 39.0 Å². The van der Waals surface area contributed by atoms with E-state index in [-0.39, 0.29) is 5.78 Å². The van der Waals surface area contributed by atoms with Crippen molar-refractivity contribution in [2.45, 2.75) is 4.21 Å². The van der Waals surface area contributed by atoms with Crippen LogP contribution < -0.4 is 10.3 Å². The third kappa shape index (κ3) is 6.36. The average molecular weight is 517 g/mol. The Labute approximate surface area is 185 Å². The van der Waals surface area contributed by atoms with Crippen LogP contribution in [-0.2, 0) is 14.6 Å². The van der Waals surface area contributed by atoms with Crippen LogP contribution in [0.4, 0.5) is 5.69 Å². The molecular weight excluding hydrogens is 500 g/mol. The first-order valence-corrected chi connectivity index (χ1v) is 12.1. The lowest BCUT2D eigenvalue weighted by Gasteiger charge is -2.00. The molecule has 0 fully saturated rings. The fourth-order valence-corrected chi connectivity index (χ4v) is 4.42. The molecule has 154 valence electrons. The topological polar surface area (TPSA) is 113 Å². The van der Waals surface area contributed by atoms with Crippen LogP contribution in [0.25, 0.3) is 5.69 Å². The smallest absolute Gasteiger partial charge is 0.259 e. The molecule has 0 amide bonds. The van der Waals surface area contributed by atoms with E-state index in [0.29, 0.717) is 16.1 Å². The van der Waals surface area contributed by atoms with E-state index in [1.807, 2.05) is 53.5 Å². The number of benzene rings is 1. The number of aromatic nitrogens is 1. The number of anilines is 1. The maximum absolute atomic E-state index is 12.8. The van der Waals surface area contributed by atoms with Gasteiger partial charge >= 0.3 is 0 Å². The van der Waals surface area contributed by atoms with Crippen molar-refractivity contribution in [3.63, 3.8) is 0 Å². The predicted octanol–water partition coefficient (Wildman–Crippen LogP) is 3.42. The molecule has 0 bridgehead atoms. The molecule has 2 aromatic heterocycles. The zero-order valence-corrected chi connectivity index (χ0v) is 19.4. The minimum Gasteiger partial charge on any atom is -0.726 e. The number of carbonyl (C=O) groups is 1. The number of thioether (sulfide) groups is 1. The number of carbonyl (C=O) groups excluding carboxylic acids is 1. The van der Waals surface area contributed by atoms with Crippen molar-refractivity contribution in [2.75, 3.05) is 19.1 Å². The second-order valence-electron chi connectivity index (χ2n) is 5.38. The van der Waals surface area contributed by atoms with Crippen molar-refractivity contribution in [1.82, 2.24) is 0 Å². The molecule has 11 heteroatoms. The van der Waals surface area contributed by atoms with Gasteiger partial charge in [-0.1, -0.05) is 22.0 Å². The lowest BCUT2D eigenvalue weighted by atomic mass is 10.1. The number of halogens is 1. The normalized spacial score (nSPS) is 10.9. The Morgan fingerprint density at radius 1 is 1.21 bits per heavy atom. The average Bonchev–Trinajstić information content (AvgIpc) is 3.05. The largest absolute Gasteiger partial charge is 0.726 e. The second kappa shape index (κ2) is 10.3. The summed E-state index contributed by atoms with van der Waals surface area (Å²) in [5, 5.41) is 0. The number of nitrogens with zero attached hydrogens (tertiary/aromatic N) is 1. The lowest BCUT2D eigenvalue weighted by molar-refractivity contribution is -0.596. The molecule has 2 heterocycles. The van der Waals surface area contributed by atoms with E-state index in [0.717, 1.165) is 21.5 Å². The molecule has 3 rings (SSSR count). The molecule has 0 aliphatic heterocycles. The van der Waals surface area contributed by atoms with Gasteiger partial charge in [-0.15, -0.1) is 23.1 Å². The van der Waals surface area contributed by atoms with Gasteiger partial charge < -0.3 is 10.3 Å². The van der Waals surface area contributed by atoms with Crippen molar-refractivity contribution >= 4 is 60.9 Å². The summed E-state index contributed by atoms with van der Waals surface area (Å²) in [4.78, 5) is 13.4. The molecule has 0 saturated heterocycles. The Balaban J connectivity index is 0.000000438. The minimum absolute atomic E-state index is 0.0434. The first-order chi connectivity index (χ1) is 13.7. The van der Waals surface area contributed by atoms with Crippen LogP contribution in [0.3, 0.4) is 0 Å². The molecule has 0 saturated carbocycles. The Hall–Kier alpha value is -1.76. The SMILES string of the molecule is COS(=O)(=O)[O-].CSc1sc(C(=O)c2ccc(Br)cc2)c(N)c1-[n+]1ccccc1. The van der Waals surface area contributed by atoms with Gasteiger partial charge in [0.05, 0.1) is 7.11 Å². The Kier molecular flexibility index (Phi) is 8.37. The summed E-state index contributed by atoms with van der Waals surface area (Å²) in [5.74, 6) is -0.0434. The maximum atomic E-state index is 12.8. The van der Waals surface area contributed by atoms with Gasteiger partial charge in [0, 0.05) is 22.2 Å². The molecule has 0 unspecified atom stereocenters. The van der Waals surface area contributed by atoms with Crippen LogP contribution in [0.15, 0.2) is 63.5 Å². The first kappa shape index (κ1) is 23.5. The zero-order chi connectivity index (χ0) is 21.6. The fourth-order valence-electron chi connectivity index (χ4n) is 2.25. The van der Waals surface area contributed by atoms with Gasteiger partial charge in [-0.05, 0) is 30.5 Å². The Morgan fingerprint density at radius 3 is 2.24 bits per heavy atom. The quantitative estimate of drug-likeness (QED) is 0.181. The number of hydrogen-bond acceptors (Lipinski definition) is 8. The molecule has 3 aromatic rings. The van der Waals surface area contributed by atoms with Gasteiger partial charge in [0.1, 0.15) is 14.8 Å². The monoisotopic (exact) mass is 516 g/mol. The minimum atomic E-state index is -4.41. The number of pyridine rings is 1. The molecule has 0 radical (unpaired) electrons. The van der Waals surface area contributed by atoms with Crippen molar-refractivity contribution in [2.24, 2.45) is 0 Å². The third-order valence-corrected chi connectivity index (χ3v) is 6.80. The highest BCUT2D eigenvalue weighted by Crippen LogP contribution is 2.38. The van der Waals surface area contributed by atoms with E-state index < -0.39 is 10.4 Å². The van der Waals surface area contributed by atoms with E-state index in [2.05, 4.69) is 20.1 Å². The van der Waals surface area contributed by atoms with Crippen molar-refractivity contribution < 1.29 is 26.5 Å². The Morgan fingerprint density at radius 2 is 1.76 bits per heavy atom. The molecule has 29 heavy (non-hydrogen) atoms. The number of nitrogens with two attached hydrogens (primary N) is 1. The van der Waals surface area contributed by atoms with Crippen molar-refractivity contribution in [1.29, 1.82) is 0 Å². The molecule has 0 spiro atoms. The van der Waals surface area contributed by atoms with Gasteiger partial charge in [-0.3, -0.25) is 8.98 Å². The summed E-state index contributed by atoms with van der Waals surface area (Å²) in [7, 11) is -3.60. The number of rotatable bonds is 5. The molecule has 7 nitrogen and oxygen atoms in total. The maximum Gasteiger partial charge on any atom is 0.259 e. The molecular formula is C18H17BrN2O5S3. The highest BCUT2D eigenvalue weighted by Gasteiger charge is 2.27. The van der Waals surface area contributed by atoms with Crippen LogP contribution in [-0.4, -0.2) is 32.1 Å². The highest BCUT2D eigenvalue weighted by molar-refractivity contribution is 9.10. The second-order valence-corrected chi connectivity index (χ2v) is 9.54. The van der Waals surface area contributed by atoms with Gasteiger partial charge in [0.2, 0.25) is 16.2 Å². The van der Waals surface area contributed by atoms with Crippen LogP contribution in [0.1, 0.15) is 15.2 Å². The molecule has 1 aromatic carbocycles. The van der Waals surface area contributed by atoms with E-state index in [9.17, 15) is 17.8 Å². The third-order valence-electron chi connectivity index (χ3n) is 3.56. The van der Waals surface area contributed by atoms with Crippen LogP contribution in [0.2, 0.25) is 0 Å². The summed E-state index contributed by atoms with van der Waals surface area (Å²) in [5.41, 5.74) is 8.37. The summed E-state index contributed by atoms with van der Waals surface area (Å²) in [6.07, 6.45) is 5.87.